The summed E-state index contributed by atoms with van der Waals surface area (Å²) in [6.45, 7) is 0. The molecule has 0 aliphatic carbocycles. The fourth-order valence-corrected chi connectivity index (χ4v) is 1.78. The summed E-state index contributed by atoms with van der Waals surface area (Å²) in [6, 6.07) is 15.1. The monoisotopic (exact) mass is 259 g/mol. The second-order valence-electron chi connectivity index (χ2n) is 4.00. The number of amides is 1. The number of halogens is 1. The van der Waals surface area contributed by atoms with Gasteiger partial charge in [0.25, 0.3) is 5.91 Å². The highest BCUT2D eigenvalue weighted by atomic mass is 19.1. The lowest BCUT2D eigenvalue weighted by Gasteiger charge is -2.15. The summed E-state index contributed by atoms with van der Waals surface area (Å²) in [5.41, 5.74) is 0.865. The third-order valence-electron chi connectivity index (χ3n) is 2.71. The molecule has 19 heavy (non-hydrogen) atoms. The van der Waals surface area contributed by atoms with E-state index in [1.165, 1.54) is 19.2 Å². The topological polar surface area (TPSA) is 38.3 Å². The minimum absolute atomic E-state index is 0.144. The molecule has 0 fully saturated rings. The van der Waals surface area contributed by atoms with Gasteiger partial charge in [0, 0.05) is 7.11 Å². The highest BCUT2D eigenvalue weighted by Gasteiger charge is 2.20. The van der Waals surface area contributed by atoms with Crippen LogP contribution in [0.4, 0.5) is 10.1 Å². The normalized spacial score (nSPS) is 11.9. The number of methoxy groups -OCH3 is 1. The van der Waals surface area contributed by atoms with E-state index in [1.54, 1.807) is 24.3 Å². The predicted octanol–water partition coefficient (Wildman–Crippen LogP) is 3.15. The summed E-state index contributed by atoms with van der Waals surface area (Å²) in [4.78, 5) is 12.1. The molecule has 0 aromatic heterocycles. The van der Waals surface area contributed by atoms with Crippen molar-refractivity contribution >= 4 is 11.6 Å². The summed E-state index contributed by atoms with van der Waals surface area (Å²) < 4.78 is 18.6. The van der Waals surface area contributed by atoms with Crippen LogP contribution in [0, 0.1) is 5.82 Å². The zero-order valence-corrected chi connectivity index (χ0v) is 10.5. The van der Waals surface area contributed by atoms with Crippen LogP contribution in [0.25, 0.3) is 0 Å². The molecule has 0 saturated heterocycles. The van der Waals surface area contributed by atoms with E-state index in [1.807, 2.05) is 18.2 Å². The number of nitrogens with one attached hydrogen (secondary N) is 1. The number of ether oxygens (including phenoxy) is 1. The Hall–Kier alpha value is -2.20. The van der Waals surface area contributed by atoms with Crippen molar-refractivity contribution in [1.29, 1.82) is 0 Å². The number of hydrogen-bond donors (Lipinski definition) is 1. The van der Waals surface area contributed by atoms with Crippen LogP contribution < -0.4 is 5.32 Å². The Morgan fingerprint density at radius 1 is 1.11 bits per heavy atom. The quantitative estimate of drug-likeness (QED) is 0.916. The summed E-state index contributed by atoms with van der Waals surface area (Å²) in [5, 5.41) is 2.52. The van der Waals surface area contributed by atoms with E-state index in [9.17, 15) is 9.18 Å². The van der Waals surface area contributed by atoms with E-state index in [4.69, 9.17) is 4.74 Å². The molecule has 0 heterocycles. The van der Waals surface area contributed by atoms with Crippen LogP contribution >= 0.6 is 0 Å². The molecular formula is C15H14FNO2. The SMILES string of the molecule is CO[C@@H](C(=O)Nc1ccccc1F)c1ccccc1. The Balaban J connectivity index is 2.17. The van der Waals surface area contributed by atoms with Crippen LogP contribution in [0.2, 0.25) is 0 Å². The molecule has 0 radical (unpaired) electrons. The fourth-order valence-electron chi connectivity index (χ4n) is 1.78. The average Bonchev–Trinajstić information content (AvgIpc) is 2.43. The summed E-state index contributed by atoms with van der Waals surface area (Å²) in [7, 11) is 1.44. The molecule has 0 saturated carbocycles. The summed E-state index contributed by atoms with van der Waals surface area (Å²) in [5.74, 6) is -0.877. The van der Waals surface area contributed by atoms with Crippen LogP contribution in [-0.2, 0) is 9.53 Å². The van der Waals surface area contributed by atoms with E-state index in [0.717, 1.165) is 5.56 Å². The molecule has 4 heteroatoms. The van der Waals surface area contributed by atoms with Crippen molar-refractivity contribution < 1.29 is 13.9 Å². The van der Waals surface area contributed by atoms with E-state index < -0.39 is 17.8 Å². The van der Waals surface area contributed by atoms with Crippen molar-refractivity contribution in [2.75, 3.05) is 12.4 Å². The molecule has 2 aromatic carbocycles. The molecule has 1 amide bonds. The van der Waals surface area contributed by atoms with Gasteiger partial charge in [0.15, 0.2) is 6.10 Å². The fraction of sp³-hybridized carbons (Fsp3) is 0.133. The Morgan fingerprint density at radius 2 is 1.74 bits per heavy atom. The van der Waals surface area contributed by atoms with Crippen LogP contribution in [0.3, 0.4) is 0 Å². The number of hydrogen-bond acceptors (Lipinski definition) is 2. The second kappa shape index (κ2) is 6.11. The first-order valence-corrected chi connectivity index (χ1v) is 5.85. The zero-order chi connectivity index (χ0) is 13.7. The molecule has 3 nitrogen and oxygen atoms in total. The van der Waals surface area contributed by atoms with Gasteiger partial charge in [-0.3, -0.25) is 4.79 Å². The van der Waals surface area contributed by atoms with Gasteiger partial charge in [-0.1, -0.05) is 42.5 Å². The smallest absolute Gasteiger partial charge is 0.258 e. The first-order valence-electron chi connectivity index (χ1n) is 5.85. The van der Waals surface area contributed by atoms with Gasteiger partial charge >= 0.3 is 0 Å². The summed E-state index contributed by atoms with van der Waals surface area (Å²) in [6.07, 6.45) is -0.763. The van der Waals surface area contributed by atoms with Crippen molar-refractivity contribution in [2.24, 2.45) is 0 Å². The molecule has 2 aromatic rings. The largest absolute Gasteiger partial charge is 0.367 e. The maximum Gasteiger partial charge on any atom is 0.258 e. The van der Waals surface area contributed by atoms with Crippen molar-refractivity contribution in [1.82, 2.24) is 0 Å². The van der Waals surface area contributed by atoms with E-state index in [2.05, 4.69) is 5.32 Å². The second-order valence-corrected chi connectivity index (χ2v) is 4.00. The molecule has 0 aliphatic heterocycles. The molecule has 0 bridgehead atoms. The Kier molecular flexibility index (Phi) is 4.26. The Morgan fingerprint density at radius 3 is 2.37 bits per heavy atom. The van der Waals surface area contributed by atoms with Gasteiger partial charge in [-0.2, -0.15) is 0 Å². The Bertz CT molecular complexity index is 557. The van der Waals surface area contributed by atoms with Crippen LogP contribution in [-0.4, -0.2) is 13.0 Å². The molecule has 1 atom stereocenters. The number of carbonyl (C=O) groups excluding carboxylic acids is 1. The zero-order valence-electron chi connectivity index (χ0n) is 10.5. The van der Waals surface area contributed by atoms with Crippen molar-refractivity contribution in [3.8, 4) is 0 Å². The van der Waals surface area contributed by atoms with Gasteiger partial charge in [-0.25, -0.2) is 4.39 Å². The van der Waals surface area contributed by atoms with Gasteiger partial charge in [0.2, 0.25) is 0 Å². The van der Waals surface area contributed by atoms with Crippen LogP contribution in [0.1, 0.15) is 11.7 Å². The summed E-state index contributed by atoms with van der Waals surface area (Å²) >= 11 is 0. The van der Waals surface area contributed by atoms with Crippen molar-refractivity contribution in [3.63, 3.8) is 0 Å². The average molecular weight is 259 g/mol. The lowest BCUT2D eigenvalue weighted by molar-refractivity contribution is -0.126. The molecule has 98 valence electrons. The predicted molar refractivity (Wildman–Crippen MR) is 71.2 cm³/mol. The van der Waals surface area contributed by atoms with Crippen LogP contribution in [0.5, 0.6) is 0 Å². The van der Waals surface area contributed by atoms with Gasteiger partial charge in [-0.15, -0.1) is 0 Å². The number of benzene rings is 2. The number of rotatable bonds is 4. The first kappa shape index (κ1) is 13.2. The van der Waals surface area contributed by atoms with Crippen molar-refractivity contribution in [3.05, 3.63) is 66.0 Å². The lowest BCUT2D eigenvalue weighted by atomic mass is 10.1. The molecule has 0 aliphatic rings. The maximum atomic E-state index is 13.5. The molecule has 1 N–H and O–H groups in total. The van der Waals surface area contributed by atoms with E-state index >= 15 is 0 Å². The third kappa shape index (κ3) is 3.17. The minimum Gasteiger partial charge on any atom is -0.367 e. The van der Waals surface area contributed by atoms with Gasteiger partial charge in [0.05, 0.1) is 5.69 Å². The van der Waals surface area contributed by atoms with E-state index in [-0.39, 0.29) is 5.69 Å². The van der Waals surface area contributed by atoms with E-state index in [0.29, 0.717) is 0 Å². The van der Waals surface area contributed by atoms with Gasteiger partial charge < -0.3 is 10.1 Å². The van der Waals surface area contributed by atoms with Crippen LogP contribution in [0.15, 0.2) is 54.6 Å². The number of para-hydroxylation sites is 1. The third-order valence-corrected chi connectivity index (χ3v) is 2.71. The highest BCUT2D eigenvalue weighted by molar-refractivity contribution is 5.94. The molecule has 0 spiro atoms. The minimum atomic E-state index is -0.763. The number of carbonyl (C=O) groups is 1. The first-order chi connectivity index (χ1) is 9.22. The number of anilines is 1. The van der Waals surface area contributed by atoms with Gasteiger partial charge in [-0.05, 0) is 17.7 Å². The Labute approximate surface area is 111 Å². The van der Waals surface area contributed by atoms with Crippen molar-refractivity contribution in [2.45, 2.75) is 6.10 Å². The standard InChI is InChI=1S/C15H14FNO2/c1-19-14(11-7-3-2-4-8-11)15(18)17-13-10-6-5-9-12(13)16/h2-10,14H,1H3,(H,17,18)/t14-/m1/s1. The highest BCUT2D eigenvalue weighted by Crippen LogP contribution is 2.20. The van der Waals surface area contributed by atoms with Gasteiger partial charge in [0.1, 0.15) is 5.82 Å². The molecule has 2 rings (SSSR count). The molecule has 0 unspecified atom stereocenters. The molecular weight excluding hydrogens is 245 g/mol. The maximum absolute atomic E-state index is 13.5. The lowest BCUT2D eigenvalue weighted by Crippen LogP contribution is -2.23.